The lowest BCUT2D eigenvalue weighted by Crippen LogP contribution is -2.54. The van der Waals surface area contributed by atoms with Crippen LogP contribution >= 0.6 is 0 Å². The van der Waals surface area contributed by atoms with Crippen LogP contribution in [-0.2, 0) is 17.5 Å². The van der Waals surface area contributed by atoms with Crippen LogP contribution in [0, 0.1) is 0 Å². The molecule has 0 saturated carbocycles. The predicted octanol–water partition coefficient (Wildman–Crippen LogP) is 0.910. The molecule has 14 heteroatoms. The summed E-state index contributed by atoms with van der Waals surface area (Å²) in [6.07, 6.45) is -1.74. The van der Waals surface area contributed by atoms with E-state index in [1.165, 1.54) is 18.3 Å². The van der Waals surface area contributed by atoms with Gasteiger partial charge in [0, 0.05) is 44.5 Å². The Morgan fingerprint density at radius 1 is 1.19 bits per heavy atom. The van der Waals surface area contributed by atoms with E-state index in [0.717, 1.165) is 17.1 Å². The summed E-state index contributed by atoms with van der Waals surface area (Å²) in [6, 6.07) is 2.10. The van der Waals surface area contributed by atoms with Crippen molar-refractivity contribution in [3.63, 3.8) is 0 Å². The highest BCUT2D eigenvalue weighted by Gasteiger charge is 2.33. The number of carboxylic acid groups (broad SMARTS) is 1. The number of halogens is 3. The van der Waals surface area contributed by atoms with Crippen LogP contribution in [0.2, 0.25) is 0 Å². The maximum Gasteiger partial charge on any atom is 0.416 e. The van der Waals surface area contributed by atoms with Crippen LogP contribution in [0.25, 0.3) is 11.4 Å². The number of carbonyl (C=O) groups is 2. The Labute approximate surface area is 179 Å². The van der Waals surface area contributed by atoms with E-state index < -0.39 is 23.8 Å². The third-order valence-electron chi connectivity index (χ3n) is 5.24. The number of nitrogens with zero attached hydrogens (tertiary/aromatic N) is 6. The molecule has 0 spiro atoms. The summed E-state index contributed by atoms with van der Waals surface area (Å²) in [7, 11) is 0. The fourth-order valence-electron chi connectivity index (χ4n) is 3.53. The molecule has 2 amide bonds. The van der Waals surface area contributed by atoms with Gasteiger partial charge in [-0.05, 0) is 29.0 Å². The SMILES string of the molecule is O=C(O)C1C=CN(C(=O)N2CCN(Cc3ccc(C(F)(F)F)cc3-c3nn[nH]n3)CC2)N1. The molecule has 11 nitrogen and oxygen atoms in total. The molecule has 1 unspecified atom stereocenters. The Balaban J connectivity index is 1.41. The topological polar surface area (TPSA) is 131 Å². The first kappa shape index (κ1) is 21.7. The van der Waals surface area contributed by atoms with Gasteiger partial charge in [-0.1, -0.05) is 6.07 Å². The summed E-state index contributed by atoms with van der Waals surface area (Å²) in [5.74, 6) is -1.02. The molecule has 170 valence electrons. The number of carboxylic acids is 1. The number of benzene rings is 1. The fourth-order valence-corrected chi connectivity index (χ4v) is 3.53. The smallest absolute Gasteiger partial charge is 0.416 e. The van der Waals surface area contributed by atoms with Crippen LogP contribution in [-0.4, -0.2) is 84.8 Å². The molecule has 32 heavy (non-hydrogen) atoms. The fraction of sp³-hybridized carbons (Fsp3) is 0.389. The Bertz CT molecular complexity index is 1020. The zero-order chi connectivity index (χ0) is 22.9. The largest absolute Gasteiger partial charge is 0.480 e. The number of tetrazole rings is 1. The van der Waals surface area contributed by atoms with Gasteiger partial charge in [0.05, 0.1) is 5.56 Å². The zero-order valence-corrected chi connectivity index (χ0v) is 16.6. The summed E-state index contributed by atoms with van der Waals surface area (Å²) in [5, 5.41) is 23.5. The molecule has 1 aromatic carbocycles. The molecule has 1 fully saturated rings. The summed E-state index contributed by atoms with van der Waals surface area (Å²) in [4.78, 5) is 27.1. The molecule has 2 aliphatic heterocycles. The molecule has 4 rings (SSSR count). The van der Waals surface area contributed by atoms with E-state index in [4.69, 9.17) is 5.11 Å². The van der Waals surface area contributed by atoms with Gasteiger partial charge in [-0.3, -0.25) is 9.69 Å². The zero-order valence-electron chi connectivity index (χ0n) is 16.6. The van der Waals surface area contributed by atoms with Gasteiger partial charge in [0.2, 0.25) is 5.82 Å². The number of hydrogen-bond donors (Lipinski definition) is 3. The van der Waals surface area contributed by atoms with E-state index in [2.05, 4.69) is 26.0 Å². The number of carbonyl (C=O) groups excluding carboxylic acids is 1. The summed E-state index contributed by atoms with van der Waals surface area (Å²) < 4.78 is 39.5. The van der Waals surface area contributed by atoms with Crippen LogP contribution in [0.4, 0.5) is 18.0 Å². The second-order valence-corrected chi connectivity index (χ2v) is 7.31. The van der Waals surface area contributed by atoms with E-state index >= 15 is 0 Å². The van der Waals surface area contributed by atoms with Crippen molar-refractivity contribution in [1.82, 2.24) is 40.9 Å². The maximum absolute atomic E-state index is 13.2. The Kier molecular flexibility index (Phi) is 5.80. The van der Waals surface area contributed by atoms with Gasteiger partial charge in [0.15, 0.2) is 0 Å². The van der Waals surface area contributed by atoms with E-state index in [1.54, 1.807) is 4.90 Å². The van der Waals surface area contributed by atoms with Gasteiger partial charge in [0.1, 0.15) is 6.04 Å². The van der Waals surface area contributed by atoms with E-state index in [-0.39, 0.29) is 17.4 Å². The molecular weight excluding hydrogens is 433 g/mol. The van der Waals surface area contributed by atoms with Crippen LogP contribution in [0.15, 0.2) is 30.5 Å². The van der Waals surface area contributed by atoms with E-state index in [9.17, 15) is 22.8 Å². The number of piperazine rings is 1. The molecule has 3 N–H and O–H groups in total. The molecule has 2 aromatic rings. The third kappa shape index (κ3) is 4.55. The van der Waals surface area contributed by atoms with E-state index in [1.807, 2.05) is 4.90 Å². The van der Waals surface area contributed by atoms with Crippen molar-refractivity contribution in [3.05, 3.63) is 41.6 Å². The van der Waals surface area contributed by atoms with Gasteiger partial charge >= 0.3 is 18.2 Å². The van der Waals surface area contributed by atoms with Crippen molar-refractivity contribution in [3.8, 4) is 11.4 Å². The second-order valence-electron chi connectivity index (χ2n) is 7.31. The number of nitrogens with one attached hydrogen (secondary N) is 2. The standard InChI is InChI=1S/C18H19F3N8O3/c19-18(20,21)12-2-1-11(13(9-12)15-22-25-26-23-15)10-27-5-7-28(8-6-27)17(32)29-4-3-14(24-29)16(30)31/h1-4,9,14,24H,5-8,10H2,(H,30,31)(H,22,23,25,26). The minimum atomic E-state index is -4.50. The Hall–Kier alpha value is -3.52. The molecule has 2 aliphatic rings. The highest BCUT2D eigenvalue weighted by atomic mass is 19.4. The van der Waals surface area contributed by atoms with Crippen molar-refractivity contribution in [1.29, 1.82) is 0 Å². The van der Waals surface area contributed by atoms with Crippen LogP contribution < -0.4 is 5.43 Å². The lowest BCUT2D eigenvalue weighted by atomic mass is 10.0. The lowest BCUT2D eigenvalue weighted by Gasteiger charge is -2.36. The van der Waals surface area contributed by atoms with Crippen molar-refractivity contribution < 1.29 is 27.9 Å². The first-order valence-electron chi connectivity index (χ1n) is 9.64. The third-order valence-corrected chi connectivity index (χ3v) is 5.24. The normalized spacial score (nSPS) is 19.5. The van der Waals surface area contributed by atoms with Gasteiger partial charge in [-0.2, -0.15) is 18.4 Å². The van der Waals surface area contributed by atoms with Gasteiger partial charge in [0.25, 0.3) is 0 Å². The highest BCUT2D eigenvalue weighted by Crippen LogP contribution is 2.33. The Morgan fingerprint density at radius 2 is 1.94 bits per heavy atom. The Morgan fingerprint density at radius 3 is 2.53 bits per heavy atom. The first-order valence-corrected chi connectivity index (χ1v) is 9.64. The number of aliphatic carboxylic acids is 1. The van der Waals surface area contributed by atoms with Gasteiger partial charge < -0.3 is 10.0 Å². The van der Waals surface area contributed by atoms with Gasteiger partial charge in [-0.25, -0.2) is 15.2 Å². The number of hydrazine groups is 1. The van der Waals surface area contributed by atoms with Crippen LogP contribution in [0.3, 0.4) is 0 Å². The quantitative estimate of drug-likeness (QED) is 0.624. The number of amides is 2. The van der Waals surface area contributed by atoms with Crippen LogP contribution in [0.1, 0.15) is 11.1 Å². The molecule has 0 radical (unpaired) electrons. The lowest BCUT2D eigenvalue weighted by molar-refractivity contribution is -0.139. The molecule has 3 heterocycles. The predicted molar refractivity (Wildman–Crippen MR) is 102 cm³/mol. The number of rotatable bonds is 4. The molecule has 0 bridgehead atoms. The van der Waals surface area contributed by atoms with Crippen molar-refractivity contribution in [2.45, 2.75) is 18.8 Å². The summed E-state index contributed by atoms with van der Waals surface area (Å²) >= 11 is 0. The van der Waals surface area contributed by atoms with Crippen molar-refractivity contribution in [2.24, 2.45) is 0 Å². The molecule has 1 saturated heterocycles. The number of alkyl halides is 3. The number of urea groups is 1. The monoisotopic (exact) mass is 452 g/mol. The van der Waals surface area contributed by atoms with Crippen molar-refractivity contribution in [2.75, 3.05) is 26.2 Å². The van der Waals surface area contributed by atoms with Crippen LogP contribution in [0.5, 0.6) is 0 Å². The number of hydrogen-bond acceptors (Lipinski definition) is 7. The minimum Gasteiger partial charge on any atom is -0.480 e. The van der Waals surface area contributed by atoms with Crippen molar-refractivity contribution >= 4 is 12.0 Å². The van der Waals surface area contributed by atoms with E-state index in [0.29, 0.717) is 38.3 Å². The molecule has 1 aromatic heterocycles. The summed E-state index contributed by atoms with van der Waals surface area (Å²) in [5.41, 5.74) is 2.62. The minimum absolute atomic E-state index is 0.0693. The first-order chi connectivity index (χ1) is 15.2. The average molecular weight is 452 g/mol. The molecular formula is C18H19F3N8O3. The van der Waals surface area contributed by atoms with Gasteiger partial charge in [-0.15, -0.1) is 10.2 Å². The average Bonchev–Trinajstić information content (AvgIpc) is 3.46. The number of H-pyrrole nitrogens is 1. The second kappa shape index (κ2) is 8.55. The number of aromatic amines is 1. The highest BCUT2D eigenvalue weighted by molar-refractivity contribution is 5.80. The molecule has 0 aliphatic carbocycles. The summed E-state index contributed by atoms with van der Waals surface area (Å²) in [6.45, 7) is 2.06. The number of aromatic nitrogens is 4. The maximum atomic E-state index is 13.2. The molecule has 1 atom stereocenters.